The first-order chi connectivity index (χ1) is 28.2. The highest BCUT2D eigenvalue weighted by molar-refractivity contribution is 6.25. The molecule has 5 aromatic rings. The minimum Gasteiger partial charge on any atom is -0.371 e. The van der Waals surface area contributed by atoms with E-state index in [1.807, 2.05) is 54.7 Å². The van der Waals surface area contributed by atoms with Crippen LogP contribution in [-0.2, 0) is 22.6 Å². The summed E-state index contributed by atoms with van der Waals surface area (Å²) < 4.78 is 0. The van der Waals surface area contributed by atoms with Crippen LogP contribution >= 0.6 is 0 Å². The van der Waals surface area contributed by atoms with Gasteiger partial charge in [-0.15, -0.1) is 0 Å². The molecule has 4 aliphatic heterocycles. The molecule has 0 bridgehead atoms. The molecule has 13 heteroatoms. The van der Waals surface area contributed by atoms with E-state index >= 15 is 0 Å². The van der Waals surface area contributed by atoms with Gasteiger partial charge in [-0.1, -0.05) is 24.3 Å². The number of rotatable bonds is 10. The van der Waals surface area contributed by atoms with Crippen molar-refractivity contribution in [3.63, 3.8) is 0 Å². The van der Waals surface area contributed by atoms with Crippen LogP contribution in [0.4, 0.5) is 11.4 Å². The Hall–Kier alpha value is -6.21. The van der Waals surface area contributed by atoms with E-state index in [-0.39, 0.29) is 18.7 Å². The summed E-state index contributed by atoms with van der Waals surface area (Å²) in [6.07, 6.45) is 8.28. The number of nitrogens with one attached hydrogen (secondary N) is 3. The first-order valence-corrected chi connectivity index (χ1v) is 20.4. The third-order valence-corrected chi connectivity index (χ3v) is 12.3. The number of carbonyl (C=O) groups excluding carboxylic acids is 5. The fraction of sp³-hybridized carbons (Fsp3) is 0.356. The molecule has 0 aliphatic carbocycles. The highest BCUT2D eigenvalue weighted by Gasteiger charge is 2.46. The molecule has 0 spiro atoms. The molecule has 1 unspecified atom stereocenters. The minimum absolute atomic E-state index is 0.0887. The van der Waals surface area contributed by atoms with Gasteiger partial charge in [0.05, 0.1) is 34.4 Å². The third-order valence-electron chi connectivity index (χ3n) is 12.3. The number of hydrogen-bond donors (Lipinski definition) is 3. The van der Waals surface area contributed by atoms with Crippen molar-refractivity contribution in [2.24, 2.45) is 5.92 Å². The smallest absolute Gasteiger partial charge is 0.264 e. The molecular formula is C45H46N8O5. The van der Waals surface area contributed by atoms with Crippen molar-refractivity contribution in [2.45, 2.75) is 76.9 Å². The number of aromatic amines is 1. The predicted octanol–water partition coefficient (Wildman–Crippen LogP) is 6.11. The van der Waals surface area contributed by atoms with Crippen LogP contribution in [0.25, 0.3) is 22.2 Å². The van der Waals surface area contributed by atoms with E-state index in [1.54, 1.807) is 12.1 Å². The van der Waals surface area contributed by atoms with Gasteiger partial charge in [0, 0.05) is 54.3 Å². The zero-order chi connectivity index (χ0) is 39.9. The van der Waals surface area contributed by atoms with Gasteiger partial charge in [-0.2, -0.15) is 0 Å². The van der Waals surface area contributed by atoms with Crippen LogP contribution in [0.3, 0.4) is 0 Å². The lowest BCUT2D eigenvalue weighted by atomic mass is 9.90. The molecule has 3 saturated heterocycles. The molecular weight excluding hydrogens is 733 g/mol. The monoisotopic (exact) mass is 778 g/mol. The lowest BCUT2D eigenvalue weighted by molar-refractivity contribution is -0.136. The highest BCUT2D eigenvalue weighted by Crippen LogP contribution is 2.36. The van der Waals surface area contributed by atoms with Crippen molar-refractivity contribution in [1.29, 1.82) is 0 Å². The number of piperidine rings is 2. The molecule has 0 saturated carbocycles. The molecule has 2 atom stereocenters. The number of aryl methyl sites for hydroxylation is 1. The highest BCUT2D eigenvalue weighted by atomic mass is 16.2. The van der Waals surface area contributed by atoms with Crippen LogP contribution in [0, 0.1) is 5.92 Å². The van der Waals surface area contributed by atoms with Crippen molar-refractivity contribution >= 4 is 51.9 Å². The molecule has 5 amide bonds. The van der Waals surface area contributed by atoms with Gasteiger partial charge in [0.25, 0.3) is 17.7 Å². The number of likely N-dealkylation sites (tertiary alicyclic amines) is 1. The van der Waals surface area contributed by atoms with Gasteiger partial charge in [0.1, 0.15) is 11.9 Å². The molecule has 296 valence electrons. The summed E-state index contributed by atoms with van der Waals surface area (Å²) in [6.45, 7) is 5.66. The maximum Gasteiger partial charge on any atom is 0.264 e. The summed E-state index contributed by atoms with van der Waals surface area (Å²) in [6, 6.07) is 22.3. The minimum atomic E-state index is -0.983. The van der Waals surface area contributed by atoms with Crippen molar-refractivity contribution in [3.05, 3.63) is 107 Å². The standard InChI is InChI=1S/C45H46N8O5/c1-27-4-3-21-52(27)26-39-48-35-16-15-33(24-36(35)49-39)47-42(55)30-10-8-29(9-11-30)31-12-14-32(46-25-31)13-7-28-19-22-51(23-20-28)37-6-2-5-34-41(37)45(58)53(44(34)57)38-17-18-40(54)50-43(38)56/h2,5-6,8-12,14-16,24-25,27-28,38H,3-4,7,13,17-23,26H2,1H3,(H,47,55)(H,48,49)(H,50,54,56)/t27-,38?/m0/s1. The van der Waals surface area contributed by atoms with Gasteiger partial charge >= 0.3 is 0 Å². The summed E-state index contributed by atoms with van der Waals surface area (Å²) >= 11 is 0. The Bertz CT molecular complexity index is 2420. The first kappa shape index (κ1) is 37.4. The number of hydrogen-bond acceptors (Lipinski definition) is 9. The molecule has 4 aliphatic rings. The van der Waals surface area contributed by atoms with Crippen LogP contribution in [-0.4, -0.2) is 86.0 Å². The number of benzene rings is 3. The predicted molar refractivity (Wildman–Crippen MR) is 219 cm³/mol. The summed E-state index contributed by atoms with van der Waals surface area (Å²) in [7, 11) is 0. The normalized spacial score (nSPS) is 20.2. The fourth-order valence-electron chi connectivity index (χ4n) is 8.97. The number of aromatic nitrogens is 3. The van der Waals surface area contributed by atoms with Crippen LogP contribution in [0.1, 0.15) is 94.5 Å². The lowest BCUT2D eigenvalue weighted by Crippen LogP contribution is -2.54. The van der Waals surface area contributed by atoms with Crippen LogP contribution in [0.5, 0.6) is 0 Å². The number of amides is 5. The van der Waals surface area contributed by atoms with Crippen molar-refractivity contribution in [1.82, 2.24) is 30.1 Å². The van der Waals surface area contributed by atoms with Crippen molar-refractivity contribution < 1.29 is 24.0 Å². The molecule has 3 fully saturated rings. The van der Waals surface area contributed by atoms with E-state index < -0.39 is 29.7 Å². The van der Waals surface area contributed by atoms with Gasteiger partial charge in [-0.25, -0.2) is 4.98 Å². The topological polar surface area (TPSA) is 161 Å². The molecule has 6 heterocycles. The Kier molecular flexibility index (Phi) is 10.1. The number of pyridine rings is 1. The van der Waals surface area contributed by atoms with E-state index in [0.717, 1.165) is 96.1 Å². The number of carbonyl (C=O) groups is 5. The number of nitrogens with zero attached hydrogens (tertiary/aromatic N) is 5. The second-order valence-electron chi connectivity index (χ2n) is 16.1. The molecule has 58 heavy (non-hydrogen) atoms. The number of fused-ring (bicyclic) bond motifs is 2. The maximum absolute atomic E-state index is 13.6. The van der Waals surface area contributed by atoms with Crippen LogP contribution in [0.15, 0.2) is 79.0 Å². The summed E-state index contributed by atoms with van der Waals surface area (Å²) in [5.41, 5.74) is 7.43. The quantitative estimate of drug-likeness (QED) is 0.142. The second kappa shape index (κ2) is 15.6. The summed E-state index contributed by atoms with van der Waals surface area (Å²) in [4.78, 5) is 82.9. The fourth-order valence-corrected chi connectivity index (χ4v) is 8.97. The van der Waals surface area contributed by atoms with E-state index in [2.05, 4.69) is 44.5 Å². The molecule has 0 radical (unpaired) electrons. The molecule has 13 nitrogen and oxygen atoms in total. The van der Waals surface area contributed by atoms with Crippen LogP contribution < -0.4 is 15.5 Å². The largest absolute Gasteiger partial charge is 0.371 e. The number of anilines is 2. The van der Waals surface area contributed by atoms with E-state index in [4.69, 9.17) is 9.97 Å². The molecule has 3 aromatic carbocycles. The van der Waals surface area contributed by atoms with Crippen molar-refractivity contribution in [2.75, 3.05) is 29.9 Å². The van der Waals surface area contributed by atoms with Gasteiger partial charge in [0.15, 0.2) is 0 Å². The molecule has 9 rings (SSSR count). The average Bonchev–Trinajstić information content (AvgIpc) is 3.91. The zero-order valence-electron chi connectivity index (χ0n) is 32.5. The van der Waals surface area contributed by atoms with E-state index in [0.29, 0.717) is 34.3 Å². The molecule has 2 aromatic heterocycles. The zero-order valence-corrected chi connectivity index (χ0v) is 32.5. The average molecular weight is 779 g/mol. The Morgan fingerprint density at radius 3 is 2.43 bits per heavy atom. The lowest BCUT2D eigenvalue weighted by Gasteiger charge is -2.34. The second-order valence-corrected chi connectivity index (χ2v) is 16.1. The number of H-pyrrole nitrogens is 1. The Labute approximate surface area is 336 Å². The number of imidazole rings is 1. The molecule has 3 N–H and O–H groups in total. The Morgan fingerprint density at radius 2 is 1.69 bits per heavy atom. The Balaban J connectivity index is 0.760. The summed E-state index contributed by atoms with van der Waals surface area (Å²) in [5, 5.41) is 5.29. The first-order valence-electron chi connectivity index (χ1n) is 20.4. The summed E-state index contributed by atoms with van der Waals surface area (Å²) in [5.74, 6) is -0.697. The number of imide groups is 2. The van der Waals surface area contributed by atoms with E-state index in [1.165, 1.54) is 12.8 Å². The third kappa shape index (κ3) is 7.37. The van der Waals surface area contributed by atoms with E-state index in [9.17, 15) is 24.0 Å². The Morgan fingerprint density at radius 1 is 0.879 bits per heavy atom. The van der Waals surface area contributed by atoms with Crippen LogP contribution in [0.2, 0.25) is 0 Å². The van der Waals surface area contributed by atoms with Gasteiger partial charge in [-0.05, 0) is 118 Å². The SMILES string of the molecule is C[C@H]1CCCN1Cc1nc2ccc(NC(=O)c3ccc(-c4ccc(CCC5CCN(c6cccc7c6C(=O)N(C6CCC(=O)NC6=O)C7=O)CC5)nc4)cc3)cc2[nH]1. The van der Waals surface area contributed by atoms with Gasteiger partial charge in [-0.3, -0.25) is 44.1 Å². The maximum atomic E-state index is 13.6. The van der Waals surface area contributed by atoms with Gasteiger partial charge in [0.2, 0.25) is 11.8 Å². The van der Waals surface area contributed by atoms with Gasteiger partial charge < -0.3 is 15.2 Å². The van der Waals surface area contributed by atoms with Crippen molar-refractivity contribution in [3.8, 4) is 11.1 Å².